The Morgan fingerprint density at radius 3 is 2.09 bits per heavy atom. The number of rotatable bonds is 1. The highest BCUT2D eigenvalue weighted by atomic mass is 16.5. The SMILES string of the molecule is CC1(C)CO[C@@]2(N1)[C@H](c1ccccc1)[C@@H](C(C)(C)C)C2(C)C. The zero-order valence-electron chi connectivity index (χ0n) is 15.2. The lowest BCUT2D eigenvalue weighted by Gasteiger charge is -2.69. The third-order valence-electron chi connectivity index (χ3n) is 5.78. The first-order chi connectivity index (χ1) is 10.0. The van der Waals surface area contributed by atoms with Gasteiger partial charge in [0.25, 0.3) is 0 Å². The molecule has 3 rings (SSSR count). The van der Waals surface area contributed by atoms with Crippen molar-refractivity contribution in [2.75, 3.05) is 6.61 Å². The first-order valence-electron chi connectivity index (χ1n) is 8.50. The molecule has 2 aliphatic rings. The average Bonchev–Trinajstić information content (AvgIpc) is 2.74. The molecule has 1 heterocycles. The van der Waals surface area contributed by atoms with E-state index in [9.17, 15) is 0 Å². The Kier molecular flexibility index (Phi) is 3.33. The van der Waals surface area contributed by atoms with E-state index in [-0.39, 0.29) is 22.1 Å². The van der Waals surface area contributed by atoms with E-state index in [0.717, 1.165) is 6.61 Å². The van der Waals surface area contributed by atoms with E-state index in [1.807, 2.05) is 0 Å². The summed E-state index contributed by atoms with van der Waals surface area (Å²) in [6.07, 6.45) is 0. The predicted octanol–water partition coefficient (Wildman–Crippen LogP) is 4.57. The van der Waals surface area contributed by atoms with Crippen molar-refractivity contribution in [1.82, 2.24) is 5.32 Å². The van der Waals surface area contributed by atoms with Crippen LogP contribution >= 0.6 is 0 Å². The van der Waals surface area contributed by atoms with Gasteiger partial charge in [-0.2, -0.15) is 0 Å². The van der Waals surface area contributed by atoms with Crippen molar-refractivity contribution in [2.24, 2.45) is 16.7 Å². The quantitative estimate of drug-likeness (QED) is 0.820. The van der Waals surface area contributed by atoms with Crippen LogP contribution in [0.15, 0.2) is 30.3 Å². The van der Waals surface area contributed by atoms with Crippen LogP contribution in [-0.2, 0) is 4.74 Å². The molecule has 2 nitrogen and oxygen atoms in total. The number of benzene rings is 1. The summed E-state index contributed by atoms with van der Waals surface area (Å²) in [6.45, 7) is 17.1. The molecule has 2 heteroatoms. The summed E-state index contributed by atoms with van der Waals surface area (Å²) in [5, 5.41) is 3.86. The number of ether oxygens (including phenoxy) is 1. The van der Waals surface area contributed by atoms with Gasteiger partial charge in [-0.15, -0.1) is 0 Å². The molecule has 1 saturated heterocycles. The first kappa shape index (κ1) is 16.0. The molecule has 1 N–H and O–H groups in total. The number of hydrogen-bond donors (Lipinski definition) is 1. The van der Waals surface area contributed by atoms with Crippen LogP contribution in [0.4, 0.5) is 0 Å². The Morgan fingerprint density at radius 1 is 1.05 bits per heavy atom. The molecule has 3 atom stereocenters. The van der Waals surface area contributed by atoms with E-state index in [0.29, 0.717) is 11.8 Å². The maximum atomic E-state index is 6.49. The summed E-state index contributed by atoms with van der Waals surface area (Å²) >= 11 is 0. The topological polar surface area (TPSA) is 21.3 Å². The Balaban J connectivity index is 2.09. The predicted molar refractivity (Wildman–Crippen MR) is 91.8 cm³/mol. The van der Waals surface area contributed by atoms with Crippen molar-refractivity contribution in [1.29, 1.82) is 0 Å². The summed E-state index contributed by atoms with van der Waals surface area (Å²) < 4.78 is 6.49. The van der Waals surface area contributed by atoms with Crippen molar-refractivity contribution < 1.29 is 4.74 Å². The maximum absolute atomic E-state index is 6.49. The fourth-order valence-corrected chi connectivity index (χ4v) is 5.24. The molecule has 122 valence electrons. The van der Waals surface area contributed by atoms with E-state index in [1.54, 1.807) is 0 Å². The summed E-state index contributed by atoms with van der Waals surface area (Å²) in [5.41, 5.74) is 1.52. The second-order valence-corrected chi connectivity index (χ2v) is 9.49. The standard InChI is InChI=1S/C20H31NO/c1-17(2,3)16-15(14-11-9-8-10-12-14)20(19(16,6)7)21-18(4,5)13-22-20/h8-12,15-16,21H,13H2,1-7H3/t15-,16+,20+/m1/s1. The molecular formula is C20H31NO. The van der Waals surface area contributed by atoms with Crippen LogP contribution in [0.25, 0.3) is 0 Å². The molecule has 1 aromatic rings. The van der Waals surface area contributed by atoms with Gasteiger partial charge in [0.05, 0.1) is 6.61 Å². The van der Waals surface area contributed by atoms with E-state index < -0.39 is 0 Å². The highest BCUT2D eigenvalue weighted by Crippen LogP contribution is 2.69. The van der Waals surface area contributed by atoms with Gasteiger partial charge in [0.15, 0.2) is 0 Å². The third kappa shape index (κ3) is 2.07. The van der Waals surface area contributed by atoms with E-state index in [4.69, 9.17) is 4.74 Å². The lowest BCUT2D eigenvalue weighted by atomic mass is 9.41. The van der Waals surface area contributed by atoms with E-state index >= 15 is 0 Å². The average molecular weight is 301 g/mol. The molecule has 1 aliphatic carbocycles. The molecular weight excluding hydrogens is 270 g/mol. The van der Waals surface area contributed by atoms with Crippen LogP contribution in [-0.4, -0.2) is 17.9 Å². The van der Waals surface area contributed by atoms with Gasteiger partial charge in [-0.1, -0.05) is 65.0 Å². The van der Waals surface area contributed by atoms with Crippen molar-refractivity contribution in [3.63, 3.8) is 0 Å². The Hall–Kier alpha value is -0.860. The third-order valence-corrected chi connectivity index (χ3v) is 5.78. The first-order valence-corrected chi connectivity index (χ1v) is 8.50. The molecule has 1 aliphatic heterocycles. The van der Waals surface area contributed by atoms with Gasteiger partial charge in [0.1, 0.15) is 5.72 Å². The van der Waals surface area contributed by atoms with Crippen molar-refractivity contribution in [3.05, 3.63) is 35.9 Å². The summed E-state index contributed by atoms with van der Waals surface area (Å²) in [5.74, 6) is 0.967. The van der Waals surface area contributed by atoms with Crippen molar-refractivity contribution in [2.45, 2.75) is 65.6 Å². The van der Waals surface area contributed by atoms with Gasteiger partial charge >= 0.3 is 0 Å². The van der Waals surface area contributed by atoms with Gasteiger partial charge in [0, 0.05) is 16.9 Å². The van der Waals surface area contributed by atoms with Crippen LogP contribution in [0, 0.1) is 16.7 Å². The molecule has 0 radical (unpaired) electrons. The minimum Gasteiger partial charge on any atom is -0.357 e. The molecule has 2 fully saturated rings. The van der Waals surface area contributed by atoms with Gasteiger partial charge in [0.2, 0.25) is 0 Å². The number of hydrogen-bond acceptors (Lipinski definition) is 2. The van der Waals surface area contributed by atoms with Gasteiger partial charge < -0.3 is 4.74 Å². The van der Waals surface area contributed by atoms with E-state index in [1.165, 1.54) is 5.56 Å². The smallest absolute Gasteiger partial charge is 0.132 e. The molecule has 0 amide bonds. The molecule has 0 aromatic heterocycles. The maximum Gasteiger partial charge on any atom is 0.132 e. The zero-order valence-corrected chi connectivity index (χ0v) is 15.2. The molecule has 22 heavy (non-hydrogen) atoms. The number of nitrogens with one attached hydrogen (secondary N) is 1. The van der Waals surface area contributed by atoms with Crippen molar-refractivity contribution >= 4 is 0 Å². The molecule has 0 bridgehead atoms. The molecule has 0 unspecified atom stereocenters. The fourth-order valence-electron chi connectivity index (χ4n) is 5.24. The van der Waals surface area contributed by atoms with Crippen LogP contribution in [0.3, 0.4) is 0 Å². The normalized spacial score (nSPS) is 36.3. The molecule has 1 saturated carbocycles. The Bertz CT molecular complexity index is 555. The Morgan fingerprint density at radius 2 is 1.64 bits per heavy atom. The van der Waals surface area contributed by atoms with Crippen LogP contribution in [0.2, 0.25) is 0 Å². The monoisotopic (exact) mass is 301 g/mol. The second-order valence-electron chi connectivity index (χ2n) is 9.49. The summed E-state index contributed by atoms with van der Waals surface area (Å²) in [7, 11) is 0. The highest BCUT2D eigenvalue weighted by Gasteiger charge is 2.73. The van der Waals surface area contributed by atoms with Crippen LogP contribution in [0.5, 0.6) is 0 Å². The van der Waals surface area contributed by atoms with Gasteiger partial charge in [-0.05, 0) is 30.7 Å². The summed E-state index contributed by atoms with van der Waals surface area (Å²) in [6, 6.07) is 10.9. The molecule has 1 aromatic carbocycles. The van der Waals surface area contributed by atoms with E-state index in [2.05, 4.69) is 84.1 Å². The van der Waals surface area contributed by atoms with Gasteiger partial charge in [-0.3, -0.25) is 5.32 Å². The zero-order chi connectivity index (χ0) is 16.4. The minimum atomic E-state index is -0.254. The summed E-state index contributed by atoms with van der Waals surface area (Å²) in [4.78, 5) is 0. The minimum absolute atomic E-state index is 0.0349. The lowest BCUT2D eigenvalue weighted by molar-refractivity contribution is -0.260. The molecule has 1 spiro atoms. The van der Waals surface area contributed by atoms with Crippen LogP contribution < -0.4 is 5.32 Å². The van der Waals surface area contributed by atoms with Crippen LogP contribution in [0.1, 0.15) is 59.9 Å². The second kappa shape index (κ2) is 4.58. The largest absolute Gasteiger partial charge is 0.357 e. The highest BCUT2D eigenvalue weighted by molar-refractivity contribution is 5.35. The fraction of sp³-hybridized carbons (Fsp3) is 0.700. The Labute approximate surface area is 135 Å². The van der Waals surface area contributed by atoms with Gasteiger partial charge in [-0.25, -0.2) is 0 Å². The van der Waals surface area contributed by atoms with Crippen molar-refractivity contribution in [3.8, 4) is 0 Å². The lowest BCUT2D eigenvalue weighted by Crippen LogP contribution is -2.75.